The highest BCUT2D eigenvalue weighted by Crippen LogP contribution is 2.22. The van der Waals surface area contributed by atoms with Crippen LogP contribution in [0.25, 0.3) is 0 Å². The Labute approximate surface area is 149 Å². The summed E-state index contributed by atoms with van der Waals surface area (Å²) in [6.45, 7) is 1.46. The van der Waals surface area contributed by atoms with Crippen LogP contribution in [0.5, 0.6) is 5.75 Å². The zero-order valence-electron chi connectivity index (χ0n) is 13.0. The number of hydrogen-bond donors (Lipinski definition) is 1. The molecule has 1 amide bonds. The highest BCUT2D eigenvalue weighted by Gasteiger charge is 2.21. The van der Waals surface area contributed by atoms with Gasteiger partial charge in [0.25, 0.3) is 5.91 Å². The second-order valence-corrected chi connectivity index (χ2v) is 5.74. The van der Waals surface area contributed by atoms with E-state index >= 15 is 0 Å². The van der Waals surface area contributed by atoms with Crippen molar-refractivity contribution in [1.29, 1.82) is 0 Å². The molecule has 2 aromatic rings. The molecule has 7 heteroatoms. The summed E-state index contributed by atoms with van der Waals surface area (Å²) in [4.78, 5) is 24.3. The Bertz CT molecular complexity index is 764. The number of halogens is 2. The van der Waals surface area contributed by atoms with Gasteiger partial charge in [-0.1, -0.05) is 29.3 Å². The highest BCUT2D eigenvalue weighted by atomic mass is 35.5. The summed E-state index contributed by atoms with van der Waals surface area (Å²) in [7, 11) is 1.53. The molecule has 0 aliphatic heterocycles. The zero-order valence-corrected chi connectivity index (χ0v) is 14.5. The summed E-state index contributed by atoms with van der Waals surface area (Å²) in [5, 5.41) is 3.19. The fourth-order valence-corrected chi connectivity index (χ4v) is 2.24. The van der Waals surface area contributed by atoms with Crippen molar-refractivity contribution in [3.05, 3.63) is 58.1 Å². The van der Waals surface area contributed by atoms with Crippen LogP contribution in [0.3, 0.4) is 0 Å². The molecule has 0 saturated heterocycles. The Balaban J connectivity index is 2.02. The normalized spacial score (nSPS) is 11.5. The average Bonchev–Trinajstić information content (AvgIpc) is 2.57. The van der Waals surface area contributed by atoms with Gasteiger partial charge in [0.15, 0.2) is 6.10 Å². The standard InChI is InChI=1S/C17H15Cl2NO4/c1-10(16(21)20-12-4-3-5-13(9-12)23-2)24-17(22)14-8-11(18)6-7-15(14)19/h3-10H,1-2H3,(H,20,21)/t10-/m1/s1. The molecule has 0 bridgehead atoms. The Morgan fingerprint density at radius 2 is 1.88 bits per heavy atom. The molecule has 0 heterocycles. The van der Waals surface area contributed by atoms with E-state index in [1.54, 1.807) is 30.3 Å². The maximum atomic E-state index is 12.1. The zero-order chi connectivity index (χ0) is 17.7. The van der Waals surface area contributed by atoms with Crippen LogP contribution in [0.15, 0.2) is 42.5 Å². The third kappa shape index (κ3) is 4.63. The lowest BCUT2D eigenvalue weighted by Crippen LogP contribution is -2.30. The van der Waals surface area contributed by atoms with Crippen molar-refractivity contribution < 1.29 is 19.1 Å². The van der Waals surface area contributed by atoms with Gasteiger partial charge in [0, 0.05) is 16.8 Å². The van der Waals surface area contributed by atoms with E-state index in [4.69, 9.17) is 32.7 Å². The smallest absolute Gasteiger partial charge is 0.340 e. The molecule has 126 valence electrons. The molecule has 1 atom stereocenters. The van der Waals surface area contributed by atoms with Gasteiger partial charge in [-0.05, 0) is 37.3 Å². The first-order valence-corrected chi connectivity index (χ1v) is 7.77. The number of nitrogens with one attached hydrogen (secondary N) is 1. The van der Waals surface area contributed by atoms with E-state index in [1.165, 1.54) is 26.2 Å². The molecule has 0 saturated carbocycles. The van der Waals surface area contributed by atoms with Crippen LogP contribution in [-0.2, 0) is 9.53 Å². The molecule has 0 unspecified atom stereocenters. The molecule has 0 fully saturated rings. The number of rotatable bonds is 5. The first kappa shape index (κ1) is 18.1. The maximum absolute atomic E-state index is 12.1. The fourth-order valence-electron chi connectivity index (χ4n) is 1.88. The average molecular weight is 368 g/mol. The summed E-state index contributed by atoms with van der Waals surface area (Å²) in [5.74, 6) is -0.603. The van der Waals surface area contributed by atoms with Gasteiger partial charge < -0.3 is 14.8 Å². The van der Waals surface area contributed by atoms with Gasteiger partial charge in [0.2, 0.25) is 0 Å². The van der Waals surface area contributed by atoms with Crippen molar-refractivity contribution in [2.75, 3.05) is 12.4 Å². The molecule has 24 heavy (non-hydrogen) atoms. The lowest BCUT2D eigenvalue weighted by Gasteiger charge is -2.14. The monoisotopic (exact) mass is 367 g/mol. The lowest BCUT2D eigenvalue weighted by molar-refractivity contribution is -0.123. The van der Waals surface area contributed by atoms with E-state index in [1.807, 2.05) is 0 Å². The molecule has 2 rings (SSSR count). The minimum atomic E-state index is -1.02. The number of ether oxygens (including phenoxy) is 2. The summed E-state index contributed by atoms with van der Waals surface area (Å²) in [5.41, 5.74) is 0.633. The Hall–Kier alpha value is -2.24. The van der Waals surface area contributed by atoms with Crippen molar-refractivity contribution in [2.45, 2.75) is 13.0 Å². The van der Waals surface area contributed by atoms with Crippen LogP contribution < -0.4 is 10.1 Å². The SMILES string of the molecule is COc1cccc(NC(=O)[C@@H](C)OC(=O)c2cc(Cl)ccc2Cl)c1. The van der Waals surface area contributed by atoms with E-state index in [0.717, 1.165) is 0 Å². The predicted octanol–water partition coefficient (Wildman–Crippen LogP) is 4.19. The first-order chi connectivity index (χ1) is 11.4. The van der Waals surface area contributed by atoms with Gasteiger partial charge in [-0.3, -0.25) is 4.79 Å². The number of esters is 1. The third-order valence-electron chi connectivity index (χ3n) is 3.14. The topological polar surface area (TPSA) is 64.6 Å². The van der Waals surface area contributed by atoms with Gasteiger partial charge >= 0.3 is 5.97 Å². The number of hydrogen-bond acceptors (Lipinski definition) is 4. The molecule has 0 aromatic heterocycles. The highest BCUT2D eigenvalue weighted by molar-refractivity contribution is 6.35. The molecular weight excluding hydrogens is 353 g/mol. The number of benzene rings is 2. The van der Waals surface area contributed by atoms with Gasteiger partial charge in [-0.15, -0.1) is 0 Å². The van der Waals surface area contributed by atoms with E-state index in [0.29, 0.717) is 16.5 Å². The van der Waals surface area contributed by atoms with Crippen molar-refractivity contribution in [1.82, 2.24) is 0 Å². The van der Waals surface area contributed by atoms with E-state index in [-0.39, 0.29) is 10.6 Å². The molecule has 0 spiro atoms. The van der Waals surface area contributed by atoms with Crippen LogP contribution in [0.1, 0.15) is 17.3 Å². The van der Waals surface area contributed by atoms with E-state index in [2.05, 4.69) is 5.32 Å². The maximum Gasteiger partial charge on any atom is 0.340 e. The second kappa shape index (κ2) is 8.04. The molecule has 5 nitrogen and oxygen atoms in total. The molecular formula is C17H15Cl2NO4. The second-order valence-electron chi connectivity index (χ2n) is 4.89. The lowest BCUT2D eigenvalue weighted by atomic mass is 10.2. The van der Waals surface area contributed by atoms with Gasteiger partial charge in [-0.2, -0.15) is 0 Å². The van der Waals surface area contributed by atoms with Gasteiger partial charge in [-0.25, -0.2) is 4.79 Å². The van der Waals surface area contributed by atoms with Crippen LogP contribution in [0.2, 0.25) is 10.0 Å². The number of anilines is 1. The van der Waals surface area contributed by atoms with Crippen molar-refractivity contribution in [3.8, 4) is 5.75 Å². The number of methoxy groups -OCH3 is 1. The third-order valence-corrected chi connectivity index (χ3v) is 3.70. The summed E-state index contributed by atoms with van der Waals surface area (Å²) >= 11 is 11.8. The summed E-state index contributed by atoms with van der Waals surface area (Å²) in [6, 6.07) is 11.3. The number of amides is 1. The van der Waals surface area contributed by atoms with Gasteiger partial charge in [0.05, 0.1) is 17.7 Å². The Kier molecular flexibility index (Phi) is 6.06. The minimum Gasteiger partial charge on any atom is -0.497 e. The molecule has 0 radical (unpaired) electrons. The molecule has 0 aliphatic rings. The minimum absolute atomic E-state index is 0.102. The Morgan fingerprint density at radius 3 is 2.58 bits per heavy atom. The van der Waals surface area contributed by atoms with Crippen LogP contribution >= 0.6 is 23.2 Å². The fraction of sp³-hybridized carbons (Fsp3) is 0.176. The quantitative estimate of drug-likeness (QED) is 0.804. The largest absolute Gasteiger partial charge is 0.497 e. The predicted molar refractivity (Wildman–Crippen MR) is 93.0 cm³/mol. The number of carbonyl (C=O) groups excluding carboxylic acids is 2. The summed E-state index contributed by atoms with van der Waals surface area (Å²) < 4.78 is 10.2. The van der Waals surface area contributed by atoms with Crippen LogP contribution in [0, 0.1) is 0 Å². The summed E-state index contributed by atoms with van der Waals surface area (Å²) in [6.07, 6.45) is -1.02. The van der Waals surface area contributed by atoms with Crippen molar-refractivity contribution in [2.24, 2.45) is 0 Å². The van der Waals surface area contributed by atoms with Crippen molar-refractivity contribution >= 4 is 40.8 Å². The van der Waals surface area contributed by atoms with Crippen molar-refractivity contribution in [3.63, 3.8) is 0 Å². The van der Waals surface area contributed by atoms with Crippen LogP contribution in [0.4, 0.5) is 5.69 Å². The Morgan fingerprint density at radius 1 is 1.12 bits per heavy atom. The van der Waals surface area contributed by atoms with Gasteiger partial charge in [0.1, 0.15) is 5.75 Å². The van der Waals surface area contributed by atoms with E-state index < -0.39 is 18.0 Å². The van der Waals surface area contributed by atoms with E-state index in [9.17, 15) is 9.59 Å². The van der Waals surface area contributed by atoms with Crippen LogP contribution in [-0.4, -0.2) is 25.1 Å². The molecule has 2 aromatic carbocycles. The molecule has 0 aliphatic carbocycles. The molecule has 1 N–H and O–H groups in total. The number of carbonyl (C=O) groups is 2. The first-order valence-electron chi connectivity index (χ1n) is 7.01.